The minimum atomic E-state index is -0.906. The predicted octanol–water partition coefficient (Wildman–Crippen LogP) is 2.41. The van der Waals surface area contributed by atoms with Crippen molar-refractivity contribution < 1.29 is 24.4 Å². The number of carbonyl (C=O) groups excluding carboxylic acids is 2. The first-order valence-electron chi connectivity index (χ1n) is 8.33. The van der Waals surface area contributed by atoms with Gasteiger partial charge in [-0.1, -0.05) is 6.07 Å². The number of aromatic hydroxyl groups is 1. The van der Waals surface area contributed by atoms with E-state index in [2.05, 4.69) is 10.6 Å². The third kappa shape index (κ3) is 3.46. The zero-order valence-corrected chi connectivity index (χ0v) is 14.2. The summed E-state index contributed by atoms with van der Waals surface area (Å²) in [5.74, 6) is -1.06. The number of rotatable bonds is 4. The summed E-state index contributed by atoms with van der Waals surface area (Å²) in [6.45, 7) is 1.58. The lowest BCUT2D eigenvalue weighted by Gasteiger charge is -2.28. The zero-order valence-electron chi connectivity index (χ0n) is 14.2. The standard InChI is InChI=1S/C17H19N3O6/c1-9-14(16(22)26-11-4-2-3-5-11)15(19-17(23)18-9)10-6-7-13(21)12(8-10)20(24)25/h6-8,11,15,21H,2-5H2,1H3,(H2,18,19,23). The molecule has 1 aliphatic heterocycles. The topological polar surface area (TPSA) is 131 Å². The first-order valence-corrected chi connectivity index (χ1v) is 8.33. The first kappa shape index (κ1) is 17.7. The molecular formula is C17H19N3O6. The number of phenolic OH excluding ortho intramolecular Hbond substituents is 1. The molecule has 9 heteroatoms. The fourth-order valence-corrected chi connectivity index (χ4v) is 3.30. The number of nitrogens with zero attached hydrogens (tertiary/aromatic N) is 1. The highest BCUT2D eigenvalue weighted by atomic mass is 16.6. The van der Waals surface area contributed by atoms with Gasteiger partial charge in [0, 0.05) is 11.8 Å². The SMILES string of the molecule is CC1=C(C(=O)OC2CCCC2)C(c2ccc(O)c([N+](=O)[O-])c2)NC(=O)N1. The Bertz CT molecular complexity index is 798. The molecule has 26 heavy (non-hydrogen) atoms. The van der Waals surface area contributed by atoms with E-state index in [0.29, 0.717) is 11.3 Å². The van der Waals surface area contributed by atoms with Crippen LogP contribution in [0.5, 0.6) is 5.75 Å². The number of amides is 2. The van der Waals surface area contributed by atoms with Crippen LogP contribution in [0.25, 0.3) is 0 Å². The summed E-state index contributed by atoms with van der Waals surface area (Å²) in [6, 6.07) is 2.30. The number of nitro groups is 1. The number of urea groups is 1. The minimum Gasteiger partial charge on any atom is -0.502 e. The highest BCUT2D eigenvalue weighted by Crippen LogP contribution is 2.34. The summed E-state index contributed by atoms with van der Waals surface area (Å²) in [5, 5.41) is 25.8. The van der Waals surface area contributed by atoms with Crippen molar-refractivity contribution in [1.82, 2.24) is 10.6 Å². The summed E-state index contributed by atoms with van der Waals surface area (Å²) in [4.78, 5) is 34.9. The van der Waals surface area contributed by atoms with Gasteiger partial charge < -0.3 is 20.5 Å². The first-order chi connectivity index (χ1) is 12.4. The van der Waals surface area contributed by atoms with Crippen molar-refractivity contribution in [3.8, 4) is 5.75 Å². The fourth-order valence-electron chi connectivity index (χ4n) is 3.30. The molecule has 1 unspecified atom stereocenters. The molecule has 1 aliphatic carbocycles. The largest absolute Gasteiger partial charge is 0.502 e. The third-order valence-electron chi connectivity index (χ3n) is 4.59. The van der Waals surface area contributed by atoms with Gasteiger partial charge in [-0.05, 0) is 44.2 Å². The van der Waals surface area contributed by atoms with Gasteiger partial charge in [0.25, 0.3) is 0 Å². The lowest BCUT2D eigenvalue weighted by Crippen LogP contribution is -2.45. The molecule has 0 spiro atoms. The fraction of sp³-hybridized carbons (Fsp3) is 0.412. The smallest absolute Gasteiger partial charge is 0.338 e. The Labute approximate surface area is 149 Å². The molecule has 0 radical (unpaired) electrons. The summed E-state index contributed by atoms with van der Waals surface area (Å²) >= 11 is 0. The number of allylic oxidation sites excluding steroid dienone is 1. The molecule has 3 N–H and O–H groups in total. The number of nitrogens with one attached hydrogen (secondary N) is 2. The Morgan fingerprint density at radius 2 is 2.04 bits per heavy atom. The molecule has 2 amide bonds. The normalized spacial score (nSPS) is 20.5. The highest BCUT2D eigenvalue weighted by molar-refractivity contribution is 5.95. The molecule has 1 heterocycles. The third-order valence-corrected chi connectivity index (χ3v) is 4.59. The Kier molecular flexibility index (Phi) is 4.79. The van der Waals surface area contributed by atoms with E-state index in [-0.39, 0.29) is 11.7 Å². The van der Waals surface area contributed by atoms with Crippen LogP contribution in [0.3, 0.4) is 0 Å². The van der Waals surface area contributed by atoms with Crippen molar-refractivity contribution in [2.45, 2.75) is 44.8 Å². The van der Waals surface area contributed by atoms with E-state index in [0.717, 1.165) is 37.8 Å². The number of benzene rings is 1. The summed E-state index contributed by atoms with van der Waals surface area (Å²) in [5.41, 5.74) is 0.326. The molecule has 9 nitrogen and oxygen atoms in total. The Hall–Kier alpha value is -3.10. The van der Waals surface area contributed by atoms with E-state index >= 15 is 0 Å². The van der Waals surface area contributed by atoms with Gasteiger partial charge >= 0.3 is 17.7 Å². The molecule has 0 bridgehead atoms. The Morgan fingerprint density at radius 3 is 2.69 bits per heavy atom. The van der Waals surface area contributed by atoms with E-state index in [9.17, 15) is 24.8 Å². The molecule has 1 saturated carbocycles. The number of esters is 1. The minimum absolute atomic E-state index is 0.157. The van der Waals surface area contributed by atoms with E-state index < -0.39 is 34.4 Å². The maximum Gasteiger partial charge on any atom is 0.338 e. The molecule has 1 aromatic rings. The van der Waals surface area contributed by atoms with Crippen molar-refractivity contribution in [2.75, 3.05) is 0 Å². The molecule has 0 saturated heterocycles. The second-order valence-electron chi connectivity index (χ2n) is 6.39. The van der Waals surface area contributed by atoms with Gasteiger partial charge in [0.05, 0.1) is 16.5 Å². The van der Waals surface area contributed by atoms with Gasteiger partial charge in [0.2, 0.25) is 0 Å². The van der Waals surface area contributed by atoms with Gasteiger partial charge in [0.1, 0.15) is 6.10 Å². The van der Waals surface area contributed by atoms with Crippen molar-refractivity contribution in [3.63, 3.8) is 0 Å². The van der Waals surface area contributed by atoms with Crippen LogP contribution in [-0.4, -0.2) is 28.1 Å². The summed E-state index contributed by atoms with van der Waals surface area (Å²) in [7, 11) is 0. The highest BCUT2D eigenvalue weighted by Gasteiger charge is 2.34. The van der Waals surface area contributed by atoms with Gasteiger partial charge in [-0.2, -0.15) is 0 Å². The maximum atomic E-state index is 12.7. The molecule has 0 aromatic heterocycles. The average Bonchev–Trinajstić information content (AvgIpc) is 3.07. The van der Waals surface area contributed by atoms with Gasteiger partial charge in [-0.15, -0.1) is 0 Å². The summed E-state index contributed by atoms with van der Waals surface area (Å²) in [6.07, 6.45) is 3.44. The molecule has 1 fully saturated rings. The zero-order chi connectivity index (χ0) is 18.8. The molecule has 2 aliphatic rings. The maximum absolute atomic E-state index is 12.7. The second-order valence-corrected chi connectivity index (χ2v) is 6.39. The molecule has 3 rings (SSSR count). The van der Waals surface area contributed by atoms with Crippen molar-refractivity contribution in [2.24, 2.45) is 0 Å². The van der Waals surface area contributed by atoms with E-state index in [1.807, 2.05) is 0 Å². The predicted molar refractivity (Wildman–Crippen MR) is 90.2 cm³/mol. The van der Waals surface area contributed by atoms with Crippen molar-refractivity contribution >= 4 is 17.7 Å². The molecule has 1 atom stereocenters. The number of nitro benzene ring substituents is 1. The van der Waals surface area contributed by atoms with Crippen LogP contribution < -0.4 is 10.6 Å². The van der Waals surface area contributed by atoms with E-state index in [4.69, 9.17) is 4.74 Å². The van der Waals surface area contributed by atoms with Gasteiger partial charge in [-0.25, -0.2) is 9.59 Å². The van der Waals surface area contributed by atoms with E-state index in [1.165, 1.54) is 6.07 Å². The monoisotopic (exact) mass is 361 g/mol. The lowest BCUT2D eigenvalue weighted by atomic mass is 9.95. The van der Waals surface area contributed by atoms with Crippen LogP contribution in [0.4, 0.5) is 10.5 Å². The van der Waals surface area contributed by atoms with Crippen LogP contribution in [0.2, 0.25) is 0 Å². The van der Waals surface area contributed by atoms with Crippen molar-refractivity contribution in [3.05, 3.63) is 45.1 Å². The molecule has 138 valence electrons. The van der Waals surface area contributed by atoms with Crippen LogP contribution in [0, 0.1) is 10.1 Å². The molecule has 1 aromatic carbocycles. The Balaban J connectivity index is 1.96. The lowest BCUT2D eigenvalue weighted by molar-refractivity contribution is -0.385. The van der Waals surface area contributed by atoms with Crippen molar-refractivity contribution in [1.29, 1.82) is 0 Å². The van der Waals surface area contributed by atoms with Gasteiger partial charge in [0.15, 0.2) is 5.75 Å². The van der Waals surface area contributed by atoms with Crippen LogP contribution in [-0.2, 0) is 9.53 Å². The number of phenols is 1. The number of carbonyl (C=O) groups is 2. The number of hydrogen-bond acceptors (Lipinski definition) is 6. The molecular weight excluding hydrogens is 342 g/mol. The summed E-state index contributed by atoms with van der Waals surface area (Å²) < 4.78 is 5.54. The average molecular weight is 361 g/mol. The second kappa shape index (κ2) is 7.03. The van der Waals surface area contributed by atoms with E-state index in [1.54, 1.807) is 6.92 Å². The number of hydrogen-bond donors (Lipinski definition) is 3. The van der Waals surface area contributed by atoms with Crippen LogP contribution in [0.15, 0.2) is 29.5 Å². The Morgan fingerprint density at radius 1 is 1.35 bits per heavy atom. The van der Waals surface area contributed by atoms with Crippen LogP contribution >= 0.6 is 0 Å². The van der Waals surface area contributed by atoms with Gasteiger partial charge in [-0.3, -0.25) is 10.1 Å². The number of ether oxygens (including phenoxy) is 1. The quantitative estimate of drug-likeness (QED) is 0.429. The van der Waals surface area contributed by atoms with Crippen LogP contribution in [0.1, 0.15) is 44.2 Å².